The Bertz CT molecular complexity index is 196. The van der Waals surface area contributed by atoms with Crippen molar-refractivity contribution in [2.75, 3.05) is 6.61 Å². The molecule has 0 unspecified atom stereocenters. The first-order valence-electron chi connectivity index (χ1n) is 3.27. The van der Waals surface area contributed by atoms with Crippen LogP contribution in [-0.2, 0) is 9.53 Å². The Morgan fingerprint density at radius 2 is 1.75 bits per heavy atom. The van der Waals surface area contributed by atoms with E-state index >= 15 is 0 Å². The van der Waals surface area contributed by atoms with Crippen molar-refractivity contribution in [2.24, 2.45) is 0 Å². The number of hydrogen-bond acceptors (Lipinski definition) is 2. The molecule has 12 heavy (non-hydrogen) atoms. The highest BCUT2D eigenvalue weighted by molar-refractivity contribution is 6.74. The van der Waals surface area contributed by atoms with Crippen molar-refractivity contribution >= 4 is 52.2 Å². The maximum atomic E-state index is 11.1. The van der Waals surface area contributed by atoms with Crippen molar-refractivity contribution in [1.29, 1.82) is 0 Å². The van der Waals surface area contributed by atoms with Crippen molar-refractivity contribution in [3.8, 4) is 0 Å². The standard InChI is InChI=1S/C6H6Cl4O2/c1-2-12-4-5(7,8)3(11)6(4,9)10/h4H,2H2,1H3. The number of hydrogen-bond donors (Lipinski definition) is 0. The molecule has 0 saturated heterocycles. The molecule has 1 aliphatic carbocycles. The molecule has 0 atom stereocenters. The first-order chi connectivity index (χ1) is 5.35. The van der Waals surface area contributed by atoms with E-state index in [9.17, 15) is 4.79 Å². The van der Waals surface area contributed by atoms with E-state index in [4.69, 9.17) is 51.1 Å². The van der Waals surface area contributed by atoms with Gasteiger partial charge in [-0.05, 0) is 6.92 Å². The lowest BCUT2D eigenvalue weighted by Gasteiger charge is -2.46. The summed E-state index contributed by atoms with van der Waals surface area (Å²) in [5, 5.41) is 0. The second-order valence-electron chi connectivity index (χ2n) is 2.41. The van der Waals surface area contributed by atoms with Crippen LogP contribution in [-0.4, -0.2) is 27.2 Å². The maximum absolute atomic E-state index is 11.1. The zero-order valence-corrected chi connectivity index (χ0v) is 9.14. The van der Waals surface area contributed by atoms with E-state index in [1.165, 1.54) is 0 Å². The van der Waals surface area contributed by atoms with Crippen LogP contribution < -0.4 is 0 Å². The van der Waals surface area contributed by atoms with Gasteiger partial charge in [0.05, 0.1) is 0 Å². The fourth-order valence-electron chi connectivity index (χ4n) is 0.986. The number of carbonyl (C=O) groups is 1. The topological polar surface area (TPSA) is 26.3 Å². The first kappa shape index (κ1) is 10.9. The highest BCUT2D eigenvalue weighted by Gasteiger charge is 2.71. The van der Waals surface area contributed by atoms with Gasteiger partial charge in [-0.2, -0.15) is 0 Å². The van der Waals surface area contributed by atoms with E-state index in [0.29, 0.717) is 6.61 Å². The summed E-state index contributed by atoms with van der Waals surface area (Å²) in [5.41, 5.74) is 0. The zero-order valence-electron chi connectivity index (χ0n) is 6.11. The molecule has 0 aliphatic heterocycles. The summed E-state index contributed by atoms with van der Waals surface area (Å²) in [6.45, 7) is 2.08. The van der Waals surface area contributed by atoms with Crippen LogP contribution in [0.3, 0.4) is 0 Å². The molecule has 0 aromatic carbocycles. The van der Waals surface area contributed by atoms with Crippen LogP contribution in [0.2, 0.25) is 0 Å². The molecule has 0 heterocycles. The number of rotatable bonds is 2. The Morgan fingerprint density at radius 1 is 1.33 bits per heavy atom. The van der Waals surface area contributed by atoms with Gasteiger partial charge in [-0.3, -0.25) is 4.79 Å². The van der Waals surface area contributed by atoms with Gasteiger partial charge in [0.2, 0.25) is 14.4 Å². The molecule has 0 aromatic rings. The van der Waals surface area contributed by atoms with Crippen molar-refractivity contribution in [3.63, 3.8) is 0 Å². The average molecular weight is 252 g/mol. The van der Waals surface area contributed by atoms with Gasteiger partial charge < -0.3 is 4.74 Å². The second-order valence-corrected chi connectivity index (χ2v) is 5.18. The predicted octanol–water partition coefficient (Wildman–Crippen LogP) is 2.32. The fraction of sp³-hybridized carbons (Fsp3) is 0.833. The predicted molar refractivity (Wildman–Crippen MR) is 49.3 cm³/mol. The van der Waals surface area contributed by atoms with Gasteiger partial charge in [-0.1, -0.05) is 46.4 Å². The van der Waals surface area contributed by atoms with Crippen LogP contribution in [0.5, 0.6) is 0 Å². The summed E-state index contributed by atoms with van der Waals surface area (Å²) >= 11 is 22.4. The molecule has 70 valence electrons. The quantitative estimate of drug-likeness (QED) is 0.705. The van der Waals surface area contributed by atoms with Gasteiger partial charge in [0.15, 0.2) is 0 Å². The van der Waals surface area contributed by atoms with E-state index in [1.807, 2.05) is 0 Å². The molecule has 0 aromatic heterocycles. The molecule has 0 bridgehead atoms. The number of ketones is 1. The van der Waals surface area contributed by atoms with Crippen LogP contribution in [0.4, 0.5) is 0 Å². The molecule has 1 rings (SSSR count). The largest absolute Gasteiger partial charge is 0.371 e. The smallest absolute Gasteiger partial charge is 0.210 e. The molecule has 0 spiro atoms. The third-order valence-electron chi connectivity index (χ3n) is 1.60. The minimum absolute atomic E-state index is 0.348. The minimum Gasteiger partial charge on any atom is -0.371 e. The normalized spacial score (nSPS) is 26.9. The lowest BCUT2D eigenvalue weighted by Crippen LogP contribution is -2.69. The first-order valence-corrected chi connectivity index (χ1v) is 4.78. The van der Waals surface area contributed by atoms with Crippen molar-refractivity contribution < 1.29 is 9.53 Å². The van der Waals surface area contributed by atoms with Crippen LogP contribution in [0.25, 0.3) is 0 Å². The summed E-state index contributed by atoms with van der Waals surface area (Å²) < 4.78 is 1.83. The number of carbonyl (C=O) groups excluding carboxylic acids is 1. The van der Waals surface area contributed by atoms with Gasteiger partial charge in [-0.15, -0.1) is 0 Å². The summed E-state index contributed by atoms with van der Waals surface area (Å²) in [6.07, 6.45) is -0.853. The Morgan fingerprint density at radius 3 is 2.08 bits per heavy atom. The lowest BCUT2D eigenvalue weighted by atomic mass is 9.91. The van der Waals surface area contributed by atoms with E-state index < -0.39 is 20.6 Å². The Balaban J connectivity index is 2.79. The number of alkyl halides is 4. The third kappa shape index (κ3) is 1.34. The molecule has 0 amide bonds. The average Bonchev–Trinajstić information content (AvgIpc) is 1.98. The maximum Gasteiger partial charge on any atom is 0.210 e. The van der Waals surface area contributed by atoms with Crippen molar-refractivity contribution in [2.45, 2.75) is 21.7 Å². The van der Waals surface area contributed by atoms with E-state index in [1.54, 1.807) is 6.92 Å². The van der Waals surface area contributed by atoms with E-state index in [0.717, 1.165) is 0 Å². The van der Waals surface area contributed by atoms with Gasteiger partial charge in [0.25, 0.3) is 0 Å². The van der Waals surface area contributed by atoms with Crippen LogP contribution in [0, 0.1) is 0 Å². The molecule has 2 nitrogen and oxygen atoms in total. The molecule has 0 radical (unpaired) electrons. The number of Topliss-reactive ketones (excluding diaryl/α,β-unsaturated/α-hetero) is 1. The molecular formula is C6H6Cl4O2. The Hall–Kier alpha value is 0.790. The van der Waals surface area contributed by atoms with Gasteiger partial charge >= 0.3 is 0 Å². The molecular weight excluding hydrogens is 246 g/mol. The zero-order chi connectivity index (χ0) is 9.57. The van der Waals surface area contributed by atoms with Crippen LogP contribution >= 0.6 is 46.4 Å². The molecule has 1 aliphatic rings. The summed E-state index contributed by atoms with van der Waals surface area (Å²) in [5.74, 6) is -0.625. The highest BCUT2D eigenvalue weighted by Crippen LogP contribution is 2.53. The minimum atomic E-state index is -1.60. The monoisotopic (exact) mass is 250 g/mol. The highest BCUT2D eigenvalue weighted by atomic mass is 35.5. The summed E-state index contributed by atoms with van der Waals surface area (Å²) in [6, 6.07) is 0. The van der Waals surface area contributed by atoms with Crippen molar-refractivity contribution in [3.05, 3.63) is 0 Å². The van der Waals surface area contributed by atoms with Crippen LogP contribution in [0.1, 0.15) is 6.92 Å². The third-order valence-corrected chi connectivity index (χ3v) is 3.08. The lowest BCUT2D eigenvalue weighted by molar-refractivity contribution is -0.137. The molecule has 0 N–H and O–H groups in total. The Kier molecular flexibility index (Phi) is 2.88. The number of halogens is 4. The molecule has 6 heteroatoms. The summed E-state index contributed by atoms with van der Waals surface area (Å²) in [4.78, 5) is 11.1. The fourth-order valence-corrected chi connectivity index (χ4v) is 2.91. The number of ether oxygens (including phenoxy) is 1. The van der Waals surface area contributed by atoms with E-state index in [-0.39, 0.29) is 0 Å². The summed E-state index contributed by atoms with van der Waals surface area (Å²) in [7, 11) is 0. The van der Waals surface area contributed by atoms with Crippen LogP contribution in [0.15, 0.2) is 0 Å². The van der Waals surface area contributed by atoms with Gasteiger partial charge in [-0.25, -0.2) is 0 Å². The Labute approximate surface area is 90.0 Å². The molecule has 1 fully saturated rings. The van der Waals surface area contributed by atoms with Crippen molar-refractivity contribution in [1.82, 2.24) is 0 Å². The van der Waals surface area contributed by atoms with Gasteiger partial charge in [0, 0.05) is 6.61 Å². The van der Waals surface area contributed by atoms with E-state index in [2.05, 4.69) is 0 Å². The molecule has 1 saturated carbocycles. The second kappa shape index (κ2) is 3.18. The SMILES string of the molecule is CCOC1C(Cl)(Cl)C(=O)C1(Cl)Cl. The van der Waals surface area contributed by atoms with Gasteiger partial charge in [0.1, 0.15) is 6.10 Å².